The summed E-state index contributed by atoms with van der Waals surface area (Å²) in [5, 5.41) is 13.2. The molecule has 2 N–H and O–H groups in total. The number of phenolic OH excluding ortho intramolecular Hbond substituents is 1. The average Bonchev–Trinajstić information content (AvgIpc) is 2.84. The van der Waals surface area contributed by atoms with Gasteiger partial charge in [0.25, 0.3) is 5.91 Å². The van der Waals surface area contributed by atoms with Gasteiger partial charge in [-0.3, -0.25) is 4.79 Å². The van der Waals surface area contributed by atoms with Gasteiger partial charge >= 0.3 is 0 Å². The highest BCUT2D eigenvalue weighted by Crippen LogP contribution is 2.32. The molecule has 1 fully saturated rings. The topological polar surface area (TPSA) is 49.3 Å². The number of amides is 1. The molecule has 0 aromatic heterocycles. The number of nitrogens with one attached hydrogen (secondary N) is 1. The molecule has 2 rings (SSSR count). The van der Waals surface area contributed by atoms with Crippen LogP contribution in [0.3, 0.4) is 0 Å². The van der Waals surface area contributed by atoms with Crippen LogP contribution in [-0.4, -0.2) is 22.9 Å². The Morgan fingerprint density at radius 1 is 1.28 bits per heavy atom. The fraction of sp³-hybridized carbons (Fsp3) is 0.500. The minimum Gasteiger partial charge on any atom is -0.508 e. The monoisotopic (exact) mass is 311 g/mol. The van der Waals surface area contributed by atoms with Crippen molar-refractivity contribution in [3.8, 4) is 5.75 Å². The molecule has 1 aliphatic carbocycles. The molecule has 98 valence electrons. The number of phenols is 1. The molecule has 3 nitrogen and oxygen atoms in total. The molecule has 1 aromatic rings. The molecule has 2 unspecified atom stereocenters. The number of alkyl halides is 1. The van der Waals surface area contributed by atoms with Crippen LogP contribution in [0, 0.1) is 11.8 Å². The number of carbonyl (C=O) groups is 1. The highest BCUT2D eigenvalue weighted by Gasteiger charge is 2.26. The van der Waals surface area contributed by atoms with Crippen LogP contribution < -0.4 is 5.32 Å². The first-order valence-electron chi connectivity index (χ1n) is 6.34. The molecule has 1 amide bonds. The van der Waals surface area contributed by atoms with Crippen LogP contribution in [0.2, 0.25) is 0 Å². The Hall–Kier alpha value is -1.03. The van der Waals surface area contributed by atoms with E-state index in [0.29, 0.717) is 17.4 Å². The minimum atomic E-state index is -0.0600. The van der Waals surface area contributed by atoms with Gasteiger partial charge in [-0.1, -0.05) is 22.4 Å². The van der Waals surface area contributed by atoms with Gasteiger partial charge < -0.3 is 10.4 Å². The molecule has 1 aliphatic rings. The van der Waals surface area contributed by atoms with E-state index >= 15 is 0 Å². The van der Waals surface area contributed by atoms with E-state index in [1.807, 2.05) is 0 Å². The Morgan fingerprint density at radius 2 is 1.94 bits per heavy atom. The van der Waals surface area contributed by atoms with Gasteiger partial charge in [-0.15, -0.1) is 0 Å². The lowest BCUT2D eigenvalue weighted by atomic mass is 9.98. The zero-order valence-electron chi connectivity index (χ0n) is 10.2. The summed E-state index contributed by atoms with van der Waals surface area (Å²) in [5.41, 5.74) is 0.598. The zero-order valence-corrected chi connectivity index (χ0v) is 11.8. The fourth-order valence-electron chi connectivity index (χ4n) is 2.52. The van der Waals surface area contributed by atoms with Crippen molar-refractivity contribution in [3.05, 3.63) is 29.8 Å². The molecule has 0 saturated heterocycles. The Bertz CT molecular complexity index is 405. The number of benzene rings is 1. The standard InChI is InChI=1S/C14H18BrNO2/c15-8-11-2-1-3-12(11)9-16-14(18)10-4-6-13(17)7-5-10/h4-7,11-12,17H,1-3,8-9H2,(H,16,18). The van der Waals surface area contributed by atoms with Crippen LogP contribution in [0.1, 0.15) is 29.6 Å². The van der Waals surface area contributed by atoms with E-state index in [4.69, 9.17) is 0 Å². The van der Waals surface area contributed by atoms with Crippen LogP contribution in [0.15, 0.2) is 24.3 Å². The van der Waals surface area contributed by atoms with Crippen molar-refractivity contribution in [1.29, 1.82) is 0 Å². The Labute approximate surface area is 116 Å². The third kappa shape index (κ3) is 3.25. The zero-order chi connectivity index (χ0) is 13.0. The first-order chi connectivity index (χ1) is 8.70. The lowest BCUT2D eigenvalue weighted by molar-refractivity contribution is 0.0945. The summed E-state index contributed by atoms with van der Waals surface area (Å²) in [6.07, 6.45) is 3.72. The van der Waals surface area contributed by atoms with E-state index in [2.05, 4.69) is 21.2 Å². The molecule has 0 aliphatic heterocycles. The smallest absolute Gasteiger partial charge is 0.251 e. The molecule has 0 spiro atoms. The first-order valence-corrected chi connectivity index (χ1v) is 7.46. The summed E-state index contributed by atoms with van der Waals surface area (Å²) in [4.78, 5) is 11.9. The number of hydrogen-bond donors (Lipinski definition) is 2. The van der Waals surface area contributed by atoms with Crippen molar-refractivity contribution >= 4 is 21.8 Å². The highest BCUT2D eigenvalue weighted by molar-refractivity contribution is 9.09. The normalized spacial score (nSPS) is 22.9. The predicted octanol–water partition coefficient (Wildman–Crippen LogP) is 2.93. The van der Waals surface area contributed by atoms with Crippen molar-refractivity contribution < 1.29 is 9.90 Å². The summed E-state index contributed by atoms with van der Waals surface area (Å²) < 4.78 is 0. The molecular formula is C14H18BrNO2. The quantitative estimate of drug-likeness (QED) is 0.840. The van der Waals surface area contributed by atoms with Crippen LogP contribution in [0.5, 0.6) is 5.75 Å². The lowest BCUT2D eigenvalue weighted by Gasteiger charge is -2.17. The second-order valence-corrected chi connectivity index (χ2v) is 5.51. The summed E-state index contributed by atoms with van der Waals surface area (Å²) in [7, 11) is 0. The van der Waals surface area contributed by atoms with Gasteiger partial charge in [0.2, 0.25) is 0 Å². The molecule has 0 heterocycles. The number of halogens is 1. The summed E-state index contributed by atoms with van der Waals surface area (Å²) in [6, 6.07) is 6.35. The molecule has 2 atom stereocenters. The predicted molar refractivity (Wildman–Crippen MR) is 75.1 cm³/mol. The van der Waals surface area contributed by atoms with Crippen molar-refractivity contribution in [1.82, 2.24) is 5.32 Å². The third-order valence-electron chi connectivity index (χ3n) is 3.67. The van der Waals surface area contributed by atoms with Gasteiger partial charge in [0.05, 0.1) is 0 Å². The van der Waals surface area contributed by atoms with Gasteiger partial charge in [-0.05, 0) is 48.9 Å². The van der Waals surface area contributed by atoms with Gasteiger partial charge in [0.1, 0.15) is 5.75 Å². The molecule has 1 aromatic carbocycles. The van der Waals surface area contributed by atoms with Crippen molar-refractivity contribution in [3.63, 3.8) is 0 Å². The van der Waals surface area contributed by atoms with Crippen LogP contribution in [-0.2, 0) is 0 Å². The lowest BCUT2D eigenvalue weighted by Crippen LogP contribution is -2.31. The van der Waals surface area contributed by atoms with E-state index in [0.717, 1.165) is 11.9 Å². The second-order valence-electron chi connectivity index (χ2n) is 4.86. The highest BCUT2D eigenvalue weighted by atomic mass is 79.9. The van der Waals surface area contributed by atoms with Gasteiger partial charge in [0.15, 0.2) is 0 Å². The average molecular weight is 312 g/mol. The number of aromatic hydroxyl groups is 1. The number of hydrogen-bond acceptors (Lipinski definition) is 2. The van der Waals surface area contributed by atoms with E-state index in [9.17, 15) is 9.90 Å². The molecule has 4 heteroatoms. The number of carbonyl (C=O) groups excluding carboxylic acids is 1. The number of rotatable bonds is 4. The van der Waals surface area contributed by atoms with Crippen LogP contribution in [0.4, 0.5) is 0 Å². The van der Waals surface area contributed by atoms with E-state index < -0.39 is 0 Å². The molecule has 0 bridgehead atoms. The molecular weight excluding hydrogens is 294 g/mol. The first kappa shape index (κ1) is 13.4. The van der Waals surface area contributed by atoms with Crippen LogP contribution >= 0.6 is 15.9 Å². The fourth-order valence-corrected chi connectivity index (χ4v) is 3.38. The van der Waals surface area contributed by atoms with Crippen molar-refractivity contribution in [2.75, 3.05) is 11.9 Å². The van der Waals surface area contributed by atoms with Crippen molar-refractivity contribution in [2.24, 2.45) is 11.8 Å². The SMILES string of the molecule is O=C(NCC1CCCC1CBr)c1ccc(O)cc1. The van der Waals surface area contributed by atoms with Crippen molar-refractivity contribution in [2.45, 2.75) is 19.3 Å². The Balaban J connectivity index is 1.86. The van der Waals surface area contributed by atoms with Gasteiger partial charge in [-0.2, -0.15) is 0 Å². The van der Waals surface area contributed by atoms with E-state index in [1.165, 1.54) is 31.4 Å². The Morgan fingerprint density at radius 3 is 2.61 bits per heavy atom. The van der Waals surface area contributed by atoms with Crippen LogP contribution in [0.25, 0.3) is 0 Å². The maximum absolute atomic E-state index is 11.9. The second kappa shape index (κ2) is 6.23. The third-order valence-corrected chi connectivity index (χ3v) is 4.50. The van der Waals surface area contributed by atoms with Gasteiger partial charge in [0, 0.05) is 17.4 Å². The summed E-state index contributed by atoms with van der Waals surface area (Å²) in [6.45, 7) is 0.746. The Kier molecular flexibility index (Phi) is 4.64. The van der Waals surface area contributed by atoms with Gasteiger partial charge in [-0.25, -0.2) is 0 Å². The molecule has 18 heavy (non-hydrogen) atoms. The van der Waals surface area contributed by atoms with E-state index in [1.54, 1.807) is 12.1 Å². The molecule has 1 saturated carbocycles. The molecule has 0 radical (unpaired) electrons. The summed E-state index contributed by atoms with van der Waals surface area (Å²) in [5.74, 6) is 1.40. The van der Waals surface area contributed by atoms with E-state index in [-0.39, 0.29) is 11.7 Å². The largest absolute Gasteiger partial charge is 0.508 e. The maximum atomic E-state index is 11.9. The maximum Gasteiger partial charge on any atom is 0.251 e. The minimum absolute atomic E-state index is 0.0600. The summed E-state index contributed by atoms with van der Waals surface area (Å²) >= 11 is 3.54.